The lowest BCUT2D eigenvalue weighted by Gasteiger charge is -2.26. The number of carboxylic acid groups (broad SMARTS) is 1. The number of aliphatic carboxylic acids is 1. The van der Waals surface area contributed by atoms with Crippen LogP contribution < -0.4 is 5.43 Å². The Kier molecular flexibility index (Phi) is 4.90. The maximum Gasteiger partial charge on any atom is 0.328 e. The summed E-state index contributed by atoms with van der Waals surface area (Å²) < 4.78 is 0. The van der Waals surface area contributed by atoms with E-state index in [1.54, 1.807) is 24.3 Å². The molecule has 0 aliphatic carbocycles. The van der Waals surface area contributed by atoms with Crippen molar-refractivity contribution in [2.45, 2.75) is 19.3 Å². The Morgan fingerprint density at radius 1 is 1.20 bits per heavy atom. The number of rotatable bonds is 4. The summed E-state index contributed by atoms with van der Waals surface area (Å²) in [5.74, 6) is -1.16. The van der Waals surface area contributed by atoms with Crippen LogP contribution >= 0.6 is 0 Å². The predicted molar refractivity (Wildman–Crippen MR) is 76.0 cm³/mol. The first kappa shape index (κ1) is 14.3. The molecule has 20 heavy (non-hydrogen) atoms. The van der Waals surface area contributed by atoms with Gasteiger partial charge < -0.3 is 5.11 Å². The third kappa shape index (κ3) is 4.20. The normalized spacial score (nSPS) is 16.2. The molecule has 1 saturated heterocycles. The van der Waals surface area contributed by atoms with E-state index in [-0.39, 0.29) is 5.91 Å². The Morgan fingerprint density at radius 2 is 1.95 bits per heavy atom. The first-order valence-electron chi connectivity index (χ1n) is 6.72. The molecule has 0 saturated carbocycles. The van der Waals surface area contributed by atoms with Crippen molar-refractivity contribution in [3.05, 3.63) is 41.5 Å². The summed E-state index contributed by atoms with van der Waals surface area (Å²) in [4.78, 5) is 22.6. The smallest absolute Gasteiger partial charge is 0.328 e. The van der Waals surface area contributed by atoms with Gasteiger partial charge >= 0.3 is 5.97 Å². The topological polar surface area (TPSA) is 69.6 Å². The summed E-state index contributed by atoms with van der Waals surface area (Å²) in [5, 5.41) is 10.5. The van der Waals surface area contributed by atoms with E-state index in [4.69, 9.17) is 5.11 Å². The van der Waals surface area contributed by atoms with Crippen molar-refractivity contribution < 1.29 is 14.7 Å². The van der Waals surface area contributed by atoms with Crippen molar-refractivity contribution in [2.75, 3.05) is 13.1 Å². The molecule has 0 spiro atoms. The minimum Gasteiger partial charge on any atom is -0.478 e. The number of nitrogens with zero attached hydrogens (tertiary/aromatic N) is 1. The largest absolute Gasteiger partial charge is 0.478 e. The molecule has 1 aliphatic heterocycles. The number of benzene rings is 1. The van der Waals surface area contributed by atoms with Crippen LogP contribution in [0.4, 0.5) is 0 Å². The van der Waals surface area contributed by atoms with E-state index < -0.39 is 5.97 Å². The van der Waals surface area contributed by atoms with Crippen molar-refractivity contribution in [3.8, 4) is 0 Å². The maximum absolute atomic E-state index is 12.1. The Balaban J connectivity index is 2.02. The summed E-state index contributed by atoms with van der Waals surface area (Å²) in [7, 11) is 0. The third-order valence-corrected chi connectivity index (χ3v) is 3.18. The van der Waals surface area contributed by atoms with Crippen LogP contribution in [-0.4, -0.2) is 35.1 Å². The molecular formula is C15H18N2O3. The molecule has 0 aromatic heterocycles. The fraction of sp³-hybridized carbons (Fsp3) is 0.333. The molecule has 5 nitrogen and oxygen atoms in total. The van der Waals surface area contributed by atoms with Gasteiger partial charge in [0, 0.05) is 24.7 Å². The van der Waals surface area contributed by atoms with Crippen molar-refractivity contribution in [1.82, 2.24) is 10.4 Å². The summed E-state index contributed by atoms with van der Waals surface area (Å²) in [6, 6.07) is 6.90. The lowest BCUT2D eigenvalue weighted by Crippen LogP contribution is -2.45. The molecule has 1 fully saturated rings. The van der Waals surface area contributed by atoms with Crippen LogP contribution in [0.5, 0.6) is 0 Å². The summed E-state index contributed by atoms with van der Waals surface area (Å²) in [6.45, 7) is 1.76. The Labute approximate surface area is 117 Å². The van der Waals surface area contributed by atoms with Crippen LogP contribution in [0.3, 0.4) is 0 Å². The zero-order valence-electron chi connectivity index (χ0n) is 11.2. The molecule has 0 bridgehead atoms. The van der Waals surface area contributed by atoms with Crippen molar-refractivity contribution >= 4 is 18.0 Å². The number of carbonyl (C=O) groups excluding carboxylic acids is 1. The quantitative estimate of drug-likeness (QED) is 0.823. The van der Waals surface area contributed by atoms with Crippen LogP contribution in [0.2, 0.25) is 0 Å². The first-order chi connectivity index (χ1) is 9.65. The second-order valence-electron chi connectivity index (χ2n) is 4.79. The molecule has 1 heterocycles. The zero-order chi connectivity index (χ0) is 14.4. The number of amides is 1. The van der Waals surface area contributed by atoms with E-state index in [1.807, 2.05) is 5.01 Å². The highest BCUT2D eigenvalue weighted by molar-refractivity contribution is 5.94. The highest BCUT2D eigenvalue weighted by atomic mass is 16.4. The van der Waals surface area contributed by atoms with Crippen molar-refractivity contribution in [1.29, 1.82) is 0 Å². The van der Waals surface area contributed by atoms with Gasteiger partial charge in [-0.3, -0.25) is 10.2 Å². The number of hydrogen-bond acceptors (Lipinski definition) is 3. The highest BCUT2D eigenvalue weighted by Crippen LogP contribution is 2.09. The fourth-order valence-electron chi connectivity index (χ4n) is 2.16. The lowest BCUT2D eigenvalue weighted by molar-refractivity contribution is -0.131. The Hall–Kier alpha value is -2.14. The fourth-order valence-corrected chi connectivity index (χ4v) is 2.16. The SMILES string of the molecule is O=C(O)/C=C/c1cccc(C(=O)NN2CCCCC2)c1. The highest BCUT2D eigenvalue weighted by Gasteiger charge is 2.13. The molecule has 1 aliphatic rings. The van der Waals surface area contributed by atoms with Gasteiger partial charge in [-0.25, -0.2) is 9.80 Å². The molecule has 2 N–H and O–H groups in total. The molecule has 106 valence electrons. The van der Waals surface area contributed by atoms with Gasteiger partial charge in [-0.15, -0.1) is 0 Å². The van der Waals surface area contributed by atoms with Gasteiger partial charge in [0.15, 0.2) is 0 Å². The summed E-state index contributed by atoms with van der Waals surface area (Å²) >= 11 is 0. The van der Waals surface area contributed by atoms with Crippen LogP contribution in [0.15, 0.2) is 30.3 Å². The van der Waals surface area contributed by atoms with Crippen LogP contribution in [0.1, 0.15) is 35.2 Å². The molecule has 0 atom stereocenters. The van der Waals surface area contributed by atoms with Crippen LogP contribution in [-0.2, 0) is 4.79 Å². The van der Waals surface area contributed by atoms with Gasteiger partial charge in [0.2, 0.25) is 0 Å². The minimum atomic E-state index is -1.01. The number of hydrogen-bond donors (Lipinski definition) is 2. The molecule has 1 amide bonds. The molecule has 1 aromatic carbocycles. The second kappa shape index (κ2) is 6.86. The molecule has 2 rings (SSSR count). The van der Waals surface area contributed by atoms with E-state index in [1.165, 1.54) is 12.5 Å². The average Bonchev–Trinajstić information content (AvgIpc) is 2.46. The van der Waals surface area contributed by atoms with Gasteiger partial charge in [0.1, 0.15) is 0 Å². The van der Waals surface area contributed by atoms with Gasteiger partial charge in [-0.1, -0.05) is 18.6 Å². The zero-order valence-corrected chi connectivity index (χ0v) is 11.2. The van der Waals surface area contributed by atoms with E-state index in [0.717, 1.165) is 32.0 Å². The number of piperidine rings is 1. The van der Waals surface area contributed by atoms with Crippen molar-refractivity contribution in [3.63, 3.8) is 0 Å². The number of carboxylic acids is 1. The van der Waals surface area contributed by atoms with Crippen LogP contribution in [0.25, 0.3) is 6.08 Å². The number of hydrazine groups is 1. The second-order valence-corrected chi connectivity index (χ2v) is 4.79. The third-order valence-electron chi connectivity index (χ3n) is 3.18. The predicted octanol–water partition coefficient (Wildman–Crippen LogP) is 1.92. The van der Waals surface area contributed by atoms with Crippen molar-refractivity contribution in [2.24, 2.45) is 0 Å². The monoisotopic (exact) mass is 274 g/mol. The van der Waals surface area contributed by atoms with Gasteiger partial charge in [0.05, 0.1) is 0 Å². The van der Waals surface area contributed by atoms with E-state index in [0.29, 0.717) is 11.1 Å². The van der Waals surface area contributed by atoms with Gasteiger partial charge in [-0.2, -0.15) is 0 Å². The molecule has 1 aromatic rings. The first-order valence-corrected chi connectivity index (χ1v) is 6.72. The van der Waals surface area contributed by atoms with Gasteiger partial charge in [-0.05, 0) is 36.6 Å². The summed E-state index contributed by atoms with van der Waals surface area (Å²) in [5.41, 5.74) is 4.11. The lowest BCUT2D eigenvalue weighted by atomic mass is 10.1. The van der Waals surface area contributed by atoms with E-state index >= 15 is 0 Å². The Morgan fingerprint density at radius 3 is 2.65 bits per heavy atom. The van der Waals surface area contributed by atoms with Gasteiger partial charge in [0.25, 0.3) is 5.91 Å². The van der Waals surface area contributed by atoms with Crippen LogP contribution in [0, 0.1) is 0 Å². The molecule has 0 unspecified atom stereocenters. The average molecular weight is 274 g/mol. The van der Waals surface area contributed by atoms with E-state index in [9.17, 15) is 9.59 Å². The molecule has 0 radical (unpaired) electrons. The molecule has 5 heteroatoms. The number of nitrogens with one attached hydrogen (secondary N) is 1. The maximum atomic E-state index is 12.1. The summed E-state index contributed by atoms with van der Waals surface area (Å²) in [6.07, 6.45) is 5.94. The standard InChI is InChI=1S/C15H18N2O3/c18-14(19)8-7-12-5-4-6-13(11-12)15(20)16-17-9-2-1-3-10-17/h4-8,11H,1-3,9-10H2,(H,16,20)(H,18,19)/b8-7+. The minimum absolute atomic E-state index is 0.155. The Bertz CT molecular complexity index is 520. The molecular weight excluding hydrogens is 256 g/mol. The number of carbonyl (C=O) groups is 2. The van der Waals surface area contributed by atoms with E-state index in [2.05, 4.69) is 5.43 Å².